The van der Waals surface area contributed by atoms with Crippen molar-refractivity contribution < 1.29 is 4.74 Å². The molecule has 0 aromatic carbocycles. The number of hydrogen-bond donors (Lipinski definition) is 1. The number of nitrogens with zero attached hydrogens (tertiary/aromatic N) is 1. The third-order valence-electron chi connectivity index (χ3n) is 6.07. The van der Waals surface area contributed by atoms with Crippen molar-refractivity contribution in [2.24, 2.45) is 5.92 Å². The quantitative estimate of drug-likeness (QED) is 0.855. The number of rotatable bonds is 4. The molecule has 0 aromatic rings. The van der Waals surface area contributed by atoms with Crippen molar-refractivity contribution in [3.63, 3.8) is 0 Å². The molecule has 2 heterocycles. The summed E-state index contributed by atoms with van der Waals surface area (Å²) in [6.45, 7) is 4.93. The Morgan fingerprint density at radius 1 is 1.10 bits per heavy atom. The van der Waals surface area contributed by atoms with E-state index in [1.807, 2.05) is 0 Å². The minimum Gasteiger partial charge on any atom is -0.375 e. The molecule has 2 aliphatic carbocycles. The first-order valence-corrected chi connectivity index (χ1v) is 8.94. The van der Waals surface area contributed by atoms with Gasteiger partial charge in [-0.15, -0.1) is 0 Å². The number of hydrogen-bond acceptors (Lipinski definition) is 3. The minimum atomic E-state index is 0.308. The molecule has 0 aromatic heterocycles. The first kappa shape index (κ1) is 13.5. The topological polar surface area (TPSA) is 24.5 Å². The van der Waals surface area contributed by atoms with Gasteiger partial charge in [-0.25, -0.2) is 0 Å². The molecule has 4 rings (SSSR count). The maximum absolute atomic E-state index is 6.10. The Bertz CT molecular complexity index is 338. The second-order valence-electron chi connectivity index (χ2n) is 7.72. The van der Waals surface area contributed by atoms with Crippen molar-refractivity contribution in [2.45, 2.75) is 75.5 Å². The molecular weight excluding hydrogens is 248 g/mol. The van der Waals surface area contributed by atoms with Gasteiger partial charge in [0.25, 0.3) is 0 Å². The summed E-state index contributed by atoms with van der Waals surface area (Å²) < 4.78 is 6.10. The van der Waals surface area contributed by atoms with Crippen LogP contribution in [0.3, 0.4) is 0 Å². The van der Waals surface area contributed by atoms with Gasteiger partial charge in [-0.2, -0.15) is 0 Å². The molecule has 114 valence electrons. The Morgan fingerprint density at radius 2 is 2.00 bits per heavy atom. The molecule has 3 nitrogen and oxygen atoms in total. The van der Waals surface area contributed by atoms with Crippen molar-refractivity contribution in [3.05, 3.63) is 0 Å². The highest BCUT2D eigenvalue weighted by Crippen LogP contribution is 2.43. The summed E-state index contributed by atoms with van der Waals surface area (Å²) >= 11 is 0. The lowest BCUT2D eigenvalue weighted by Crippen LogP contribution is -2.54. The summed E-state index contributed by atoms with van der Waals surface area (Å²) in [7, 11) is 0. The highest BCUT2D eigenvalue weighted by molar-refractivity contribution is 4.97. The lowest BCUT2D eigenvalue weighted by Gasteiger charge is -2.50. The second kappa shape index (κ2) is 5.58. The Hall–Kier alpha value is -0.120. The first-order valence-electron chi connectivity index (χ1n) is 8.94. The van der Waals surface area contributed by atoms with Crippen LogP contribution >= 0.6 is 0 Å². The van der Waals surface area contributed by atoms with Crippen LogP contribution in [-0.4, -0.2) is 48.8 Å². The van der Waals surface area contributed by atoms with Gasteiger partial charge >= 0.3 is 0 Å². The maximum Gasteiger partial charge on any atom is 0.0697 e. The Kier molecular flexibility index (Phi) is 3.78. The van der Waals surface area contributed by atoms with Crippen molar-refractivity contribution >= 4 is 0 Å². The van der Waals surface area contributed by atoms with E-state index in [1.165, 1.54) is 77.4 Å². The summed E-state index contributed by atoms with van der Waals surface area (Å²) in [6.07, 6.45) is 12.3. The molecule has 2 aliphatic heterocycles. The van der Waals surface area contributed by atoms with Crippen LogP contribution < -0.4 is 5.32 Å². The van der Waals surface area contributed by atoms with E-state index in [0.717, 1.165) is 24.6 Å². The van der Waals surface area contributed by atoms with Gasteiger partial charge in [0.15, 0.2) is 0 Å². The molecule has 1 N–H and O–H groups in total. The fourth-order valence-corrected chi connectivity index (χ4v) is 4.45. The van der Waals surface area contributed by atoms with Gasteiger partial charge in [-0.3, -0.25) is 4.90 Å². The highest BCUT2D eigenvalue weighted by atomic mass is 16.5. The summed E-state index contributed by atoms with van der Waals surface area (Å²) in [4.78, 5) is 2.81. The third-order valence-corrected chi connectivity index (χ3v) is 6.07. The van der Waals surface area contributed by atoms with Gasteiger partial charge in [-0.05, 0) is 76.8 Å². The molecule has 0 radical (unpaired) electrons. The minimum absolute atomic E-state index is 0.308. The normalized spacial score (nSPS) is 37.8. The van der Waals surface area contributed by atoms with Gasteiger partial charge in [0, 0.05) is 25.2 Å². The monoisotopic (exact) mass is 278 g/mol. The zero-order valence-electron chi connectivity index (χ0n) is 12.8. The van der Waals surface area contributed by atoms with Crippen molar-refractivity contribution in [1.29, 1.82) is 0 Å². The fraction of sp³-hybridized carbons (Fsp3) is 1.00. The molecule has 2 atom stereocenters. The zero-order valence-corrected chi connectivity index (χ0v) is 12.8. The van der Waals surface area contributed by atoms with Crippen molar-refractivity contribution in [3.8, 4) is 0 Å². The summed E-state index contributed by atoms with van der Waals surface area (Å²) in [5.74, 6) is 0.893. The van der Waals surface area contributed by atoms with Crippen LogP contribution in [0.1, 0.15) is 57.8 Å². The molecule has 20 heavy (non-hydrogen) atoms. The average Bonchev–Trinajstić information content (AvgIpc) is 3.28. The average molecular weight is 278 g/mol. The predicted octanol–water partition coefficient (Wildman–Crippen LogP) is 2.55. The zero-order chi connectivity index (χ0) is 13.4. The summed E-state index contributed by atoms with van der Waals surface area (Å²) in [5.41, 5.74) is 0.308. The molecular formula is C17H30N2O. The van der Waals surface area contributed by atoms with Crippen LogP contribution in [0.4, 0.5) is 0 Å². The SMILES string of the molecule is C1CC(CNC2CC2)CN(C2CCOC3(CCC3)C2)C1. The third kappa shape index (κ3) is 2.90. The number of ether oxygens (including phenoxy) is 1. The molecule has 3 heteroatoms. The van der Waals surface area contributed by atoms with E-state index >= 15 is 0 Å². The molecule has 0 bridgehead atoms. The van der Waals surface area contributed by atoms with E-state index in [0.29, 0.717) is 5.60 Å². The number of piperidine rings is 1. The molecule has 0 amide bonds. The van der Waals surface area contributed by atoms with Gasteiger partial charge in [0.2, 0.25) is 0 Å². The van der Waals surface area contributed by atoms with Crippen LogP contribution in [0.5, 0.6) is 0 Å². The van der Waals surface area contributed by atoms with Gasteiger partial charge in [-0.1, -0.05) is 0 Å². The van der Waals surface area contributed by atoms with Gasteiger partial charge in [0.05, 0.1) is 5.60 Å². The molecule has 4 fully saturated rings. The summed E-state index contributed by atoms with van der Waals surface area (Å²) in [5, 5.41) is 3.74. The standard InChI is InChI=1S/C17H30N2O/c1-3-14(12-18-15-4-5-15)13-19(9-1)16-6-10-20-17(11-16)7-2-8-17/h14-16,18H,1-13H2. The predicted molar refractivity (Wildman–Crippen MR) is 80.9 cm³/mol. The van der Waals surface area contributed by atoms with E-state index in [2.05, 4.69) is 10.2 Å². The summed E-state index contributed by atoms with van der Waals surface area (Å²) in [6, 6.07) is 1.68. The second-order valence-corrected chi connectivity index (χ2v) is 7.72. The van der Waals surface area contributed by atoms with E-state index in [-0.39, 0.29) is 0 Å². The lowest BCUT2D eigenvalue weighted by molar-refractivity contribution is -0.151. The van der Waals surface area contributed by atoms with Crippen LogP contribution in [0, 0.1) is 5.92 Å². The smallest absolute Gasteiger partial charge is 0.0697 e. The van der Waals surface area contributed by atoms with E-state index in [1.54, 1.807) is 0 Å². The van der Waals surface area contributed by atoms with Crippen LogP contribution in [-0.2, 0) is 4.74 Å². The molecule has 2 saturated carbocycles. The largest absolute Gasteiger partial charge is 0.375 e. The number of nitrogens with one attached hydrogen (secondary N) is 1. The first-order chi connectivity index (χ1) is 9.83. The molecule has 2 saturated heterocycles. The molecule has 4 aliphatic rings. The van der Waals surface area contributed by atoms with Gasteiger partial charge < -0.3 is 10.1 Å². The van der Waals surface area contributed by atoms with Crippen LogP contribution in [0.15, 0.2) is 0 Å². The van der Waals surface area contributed by atoms with E-state index < -0.39 is 0 Å². The fourth-order valence-electron chi connectivity index (χ4n) is 4.45. The van der Waals surface area contributed by atoms with Gasteiger partial charge in [0.1, 0.15) is 0 Å². The Balaban J connectivity index is 1.30. The van der Waals surface area contributed by atoms with E-state index in [4.69, 9.17) is 4.74 Å². The molecule has 1 spiro atoms. The molecule has 2 unspecified atom stereocenters. The van der Waals surface area contributed by atoms with Crippen molar-refractivity contribution in [2.75, 3.05) is 26.2 Å². The van der Waals surface area contributed by atoms with E-state index in [9.17, 15) is 0 Å². The Morgan fingerprint density at radius 3 is 2.75 bits per heavy atom. The highest BCUT2D eigenvalue weighted by Gasteiger charge is 2.44. The number of likely N-dealkylation sites (tertiary alicyclic amines) is 1. The van der Waals surface area contributed by atoms with Crippen LogP contribution in [0.25, 0.3) is 0 Å². The lowest BCUT2D eigenvalue weighted by atomic mass is 9.73. The van der Waals surface area contributed by atoms with Crippen molar-refractivity contribution in [1.82, 2.24) is 10.2 Å². The van der Waals surface area contributed by atoms with Crippen LogP contribution in [0.2, 0.25) is 0 Å². The maximum atomic E-state index is 6.10. The Labute approximate surface area is 123 Å².